The molecule has 1 aliphatic rings. The van der Waals surface area contributed by atoms with Crippen LogP contribution >= 0.6 is 23.1 Å². The highest BCUT2D eigenvalue weighted by Crippen LogP contribution is 2.37. The number of amidine groups is 1. The summed E-state index contributed by atoms with van der Waals surface area (Å²) in [5, 5.41) is 21.4. The van der Waals surface area contributed by atoms with E-state index < -0.39 is 4.92 Å². The monoisotopic (exact) mass is 398 g/mol. The van der Waals surface area contributed by atoms with Crippen molar-refractivity contribution in [3.63, 3.8) is 0 Å². The van der Waals surface area contributed by atoms with Crippen molar-refractivity contribution < 1.29 is 14.1 Å². The first-order chi connectivity index (χ1) is 13.0. The molecule has 3 aromatic rings. The van der Waals surface area contributed by atoms with Gasteiger partial charge in [0.05, 0.1) is 15.4 Å². The van der Waals surface area contributed by atoms with Gasteiger partial charge in [-0.2, -0.15) is 0 Å². The van der Waals surface area contributed by atoms with Crippen LogP contribution in [0.2, 0.25) is 0 Å². The van der Waals surface area contributed by atoms with Gasteiger partial charge in [-0.25, -0.2) is 9.88 Å². The number of carbonyl (C=O) groups is 1. The second kappa shape index (κ2) is 6.82. The number of nitro benzene ring substituents is 1. The van der Waals surface area contributed by atoms with Crippen molar-refractivity contribution in [1.29, 1.82) is 5.41 Å². The normalized spacial score (nSPS) is 15.7. The Kier molecular flexibility index (Phi) is 4.34. The highest BCUT2D eigenvalue weighted by molar-refractivity contribution is 8.19. The minimum atomic E-state index is -0.473. The van der Waals surface area contributed by atoms with E-state index in [0.717, 1.165) is 11.8 Å². The van der Waals surface area contributed by atoms with E-state index >= 15 is 0 Å². The minimum absolute atomic E-state index is 0.0610. The quantitative estimate of drug-likeness (QED) is 0.397. The SMILES string of the molecule is N=C1SC(=Cc2ccc(-c3ccccc3[N+](=O)[O-])o2)C(=O)N1c1nccs1. The molecule has 0 aliphatic carbocycles. The van der Waals surface area contributed by atoms with Gasteiger partial charge in [-0.15, -0.1) is 11.3 Å². The number of thiazole rings is 1. The number of nitrogens with one attached hydrogen (secondary N) is 1. The predicted molar refractivity (Wildman–Crippen MR) is 104 cm³/mol. The number of hydrogen-bond donors (Lipinski definition) is 1. The highest BCUT2D eigenvalue weighted by Gasteiger charge is 2.35. The molecular formula is C17H10N4O4S2. The van der Waals surface area contributed by atoms with Gasteiger partial charge in [-0.1, -0.05) is 12.1 Å². The summed E-state index contributed by atoms with van der Waals surface area (Å²) in [4.78, 5) is 28.9. The average Bonchev–Trinajstić information content (AvgIpc) is 3.37. The third kappa shape index (κ3) is 3.15. The third-order valence-electron chi connectivity index (χ3n) is 3.70. The molecule has 1 fully saturated rings. The maximum atomic E-state index is 12.6. The molecule has 27 heavy (non-hydrogen) atoms. The number of thioether (sulfide) groups is 1. The maximum Gasteiger partial charge on any atom is 0.280 e. The molecule has 10 heteroatoms. The lowest BCUT2D eigenvalue weighted by molar-refractivity contribution is -0.384. The first-order valence-electron chi connectivity index (χ1n) is 7.60. The van der Waals surface area contributed by atoms with Crippen molar-refractivity contribution in [2.45, 2.75) is 0 Å². The van der Waals surface area contributed by atoms with Crippen LogP contribution in [0.5, 0.6) is 0 Å². The first kappa shape index (κ1) is 17.2. The number of nitro groups is 1. The molecule has 0 bridgehead atoms. The zero-order valence-electron chi connectivity index (χ0n) is 13.5. The van der Waals surface area contributed by atoms with Crippen LogP contribution in [0.15, 0.2) is 57.3 Å². The lowest BCUT2D eigenvalue weighted by Gasteiger charge is -2.08. The molecule has 1 saturated heterocycles. The maximum absolute atomic E-state index is 12.6. The van der Waals surface area contributed by atoms with E-state index in [1.807, 2.05) is 0 Å². The zero-order chi connectivity index (χ0) is 19.0. The zero-order valence-corrected chi connectivity index (χ0v) is 15.1. The fourth-order valence-corrected chi connectivity index (χ4v) is 4.06. The number of para-hydroxylation sites is 1. The standard InChI is InChI=1S/C17H10N4O4S2/c18-16-20(17-19-7-8-26-17)15(22)14(27-16)9-10-5-6-13(25-10)11-3-1-2-4-12(11)21(23)24/h1-9,18H. The van der Waals surface area contributed by atoms with Crippen LogP contribution in [0, 0.1) is 15.5 Å². The Labute approximate surface area is 160 Å². The number of furan rings is 1. The van der Waals surface area contributed by atoms with Crippen molar-refractivity contribution in [3.05, 3.63) is 68.8 Å². The number of nitrogens with zero attached hydrogens (tertiary/aromatic N) is 3. The van der Waals surface area contributed by atoms with Crippen LogP contribution < -0.4 is 4.90 Å². The van der Waals surface area contributed by atoms with Crippen LogP contribution in [0.3, 0.4) is 0 Å². The minimum Gasteiger partial charge on any atom is -0.456 e. The molecule has 0 atom stereocenters. The van der Waals surface area contributed by atoms with Crippen LogP contribution in [0.4, 0.5) is 10.8 Å². The number of hydrogen-bond acceptors (Lipinski definition) is 8. The Morgan fingerprint density at radius 1 is 1.26 bits per heavy atom. The number of benzene rings is 1. The molecule has 0 saturated carbocycles. The summed E-state index contributed by atoms with van der Waals surface area (Å²) in [6.07, 6.45) is 3.09. The van der Waals surface area contributed by atoms with Gasteiger partial charge < -0.3 is 4.42 Å². The van der Waals surface area contributed by atoms with Gasteiger partial charge in [-0.3, -0.25) is 20.3 Å². The number of anilines is 1. The van der Waals surface area contributed by atoms with Gasteiger partial charge in [0.2, 0.25) is 0 Å². The largest absolute Gasteiger partial charge is 0.456 e. The summed E-state index contributed by atoms with van der Waals surface area (Å²) in [6, 6.07) is 9.51. The smallest absolute Gasteiger partial charge is 0.280 e. The molecule has 134 valence electrons. The summed E-state index contributed by atoms with van der Waals surface area (Å²) < 4.78 is 5.68. The van der Waals surface area contributed by atoms with Crippen LogP contribution in [0.25, 0.3) is 17.4 Å². The van der Waals surface area contributed by atoms with Crippen LogP contribution in [-0.4, -0.2) is 21.0 Å². The second-order valence-corrected chi connectivity index (χ2v) is 7.25. The van der Waals surface area contributed by atoms with Crippen molar-refractivity contribution in [1.82, 2.24) is 4.98 Å². The molecule has 1 amide bonds. The fourth-order valence-electron chi connectivity index (χ4n) is 2.53. The summed E-state index contributed by atoms with van der Waals surface area (Å²) in [6.45, 7) is 0. The topological polar surface area (TPSA) is 113 Å². The van der Waals surface area contributed by atoms with Gasteiger partial charge in [0, 0.05) is 23.7 Å². The molecule has 0 unspecified atom stereocenters. The van der Waals surface area contributed by atoms with E-state index in [0.29, 0.717) is 27.1 Å². The van der Waals surface area contributed by atoms with Crippen molar-refractivity contribution >= 4 is 51.1 Å². The lowest BCUT2D eigenvalue weighted by Crippen LogP contribution is -2.27. The van der Waals surface area contributed by atoms with Crippen LogP contribution in [-0.2, 0) is 4.79 Å². The molecule has 8 nitrogen and oxygen atoms in total. The number of rotatable bonds is 4. The summed E-state index contributed by atoms with van der Waals surface area (Å²) in [5.41, 5.74) is 0.295. The Morgan fingerprint density at radius 2 is 2.07 bits per heavy atom. The number of amides is 1. The van der Waals surface area contributed by atoms with E-state index in [1.54, 1.807) is 41.9 Å². The van der Waals surface area contributed by atoms with Gasteiger partial charge in [0.1, 0.15) is 11.5 Å². The molecule has 3 heterocycles. The van der Waals surface area contributed by atoms with Gasteiger partial charge in [0.15, 0.2) is 10.3 Å². The molecule has 4 rings (SSSR count). The van der Waals surface area contributed by atoms with Crippen LogP contribution in [0.1, 0.15) is 5.76 Å². The first-order valence-corrected chi connectivity index (χ1v) is 9.30. The predicted octanol–water partition coefficient (Wildman–Crippen LogP) is 4.37. The van der Waals surface area contributed by atoms with E-state index in [-0.39, 0.29) is 16.8 Å². The fraction of sp³-hybridized carbons (Fsp3) is 0. The molecule has 2 aromatic heterocycles. The second-order valence-electron chi connectivity index (χ2n) is 5.35. The molecule has 0 spiro atoms. The number of aromatic nitrogens is 1. The summed E-state index contributed by atoms with van der Waals surface area (Å²) in [5.74, 6) is 0.341. The molecule has 1 aliphatic heterocycles. The Balaban J connectivity index is 1.64. The van der Waals surface area contributed by atoms with E-state index in [2.05, 4.69) is 4.98 Å². The molecule has 0 radical (unpaired) electrons. The van der Waals surface area contributed by atoms with Crippen molar-refractivity contribution in [3.8, 4) is 11.3 Å². The van der Waals surface area contributed by atoms with Gasteiger partial charge >= 0.3 is 0 Å². The molecule has 1 N–H and O–H groups in total. The van der Waals surface area contributed by atoms with Gasteiger partial charge in [0.25, 0.3) is 11.6 Å². The van der Waals surface area contributed by atoms with E-state index in [4.69, 9.17) is 9.83 Å². The highest BCUT2D eigenvalue weighted by atomic mass is 32.2. The third-order valence-corrected chi connectivity index (χ3v) is 5.35. The van der Waals surface area contributed by atoms with Gasteiger partial charge in [-0.05, 0) is 30.0 Å². The average molecular weight is 398 g/mol. The Bertz CT molecular complexity index is 1090. The molecular weight excluding hydrogens is 388 g/mol. The Hall–Kier alpha value is -3.24. The Morgan fingerprint density at radius 3 is 2.81 bits per heavy atom. The van der Waals surface area contributed by atoms with E-state index in [1.165, 1.54) is 28.4 Å². The summed E-state index contributed by atoms with van der Waals surface area (Å²) in [7, 11) is 0. The van der Waals surface area contributed by atoms with E-state index in [9.17, 15) is 14.9 Å². The van der Waals surface area contributed by atoms with Crippen molar-refractivity contribution in [2.24, 2.45) is 0 Å². The lowest BCUT2D eigenvalue weighted by atomic mass is 10.1. The molecule has 1 aromatic carbocycles. The van der Waals surface area contributed by atoms with Crippen molar-refractivity contribution in [2.75, 3.05) is 4.90 Å². The number of carbonyl (C=O) groups excluding carboxylic acids is 1. The summed E-state index contributed by atoms with van der Waals surface area (Å²) >= 11 is 2.27.